The maximum Gasteiger partial charge on any atom is 0.220 e. The molecule has 1 aliphatic rings. The van der Waals surface area contributed by atoms with Crippen LogP contribution in [-0.4, -0.2) is 43.5 Å². The Kier molecular flexibility index (Phi) is 8.22. The molecular weight excluding hydrogens is 318 g/mol. The molecule has 2 atom stereocenters. The van der Waals surface area contributed by atoms with Gasteiger partial charge in [0.1, 0.15) is 0 Å². The summed E-state index contributed by atoms with van der Waals surface area (Å²) in [6.07, 6.45) is 3.05. The number of nitrogens with one attached hydrogen (secondary N) is 2. The lowest BCUT2D eigenvalue weighted by atomic mass is 9.84. The first-order chi connectivity index (χ1) is 11.7. The Hall–Kier alpha value is -0.910. The van der Waals surface area contributed by atoms with Crippen LogP contribution in [0, 0.1) is 11.8 Å². The molecule has 2 N–H and O–H groups in total. The van der Waals surface area contributed by atoms with Gasteiger partial charge in [0.05, 0.1) is 6.04 Å². The van der Waals surface area contributed by atoms with Gasteiger partial charge in [-0.1, -0.05) is 20.8 Å². The van der Waals surface area contributed by atoms with E-state index in [1.807, 2.05) is 0 Å². The molecule has 24 heavy (non-hydrogen) atoms. The van der Waals surface area contributed by atoms with E-state index >= 15 is 0 Å². The minimum absolute atomic E-state index is 0.202. The summed E-state index contributed by atoms with van der Waals surface area (Å²) >= 11 is 1.72. The zero-order valence-corrected chi connectivity index (χ0v) is 16.2. The summed E-state index contributed by atoms with van der Waals surface area (Å²) in [6.45, 7) is 11.5. The molecule has 1 saturated heterocycles. The maximum absolute atomic E-state index is 12.4. The number of rotatable bonds is 9. The van der Waals surface area contributed by atoms with Gasteiger partial charge in [0.25, 0.3) is 0 Å². The van der Waals surface area contributed by atoms with Crippen molar-refractivity contribution in [1.82, 2.24) is 15.5 Å². The van der Waals surface area contributed by atoms with E-state index in [1.54, 1.807) is 11.3 Å². The fourth-order valence-electron chi connectivity index (χ4n) is 3.74. The average Bonchev–Trinajstić information content (AvgIpc) is 3.13. The van der Waals surface area contributed by atoms with Gasteiger partial charge < -0.3 is 10.6 Å². The van der Waals surface area contributed by atoms with Crippen molar-refractivity contribution in [3.8, 4) is 0 Å². The topological polar surface area (TPSA) is 44.4 Å². The van der Waals surface area contributed by atoms with Crippen molar-refractivity contribution in [2.24, 2.45) is 11.8 Å². The summed E-state index contributed by atoms with van der Waals surface area (Å²) < 4.78 is 0. The van der Waals surface area contributed by atoms with E-state index in [1.165, 1.54) is 18.4 Å². The largest absolute Gasteiger partial charge is 0.354 e. The van der Waals surface area contributed by atoms with E-state index in [4.69, 9.17) is 0 Å². The van der Waals surface area contributed by atoms with Gasteiger partial charge in [-0.05, 0) is 73.2 Å². The molecule has 1 fully saturated rings. The first-order valence-electron chi connectivity index (χ1n) is 9.39. The SMILES string of the molecule is CCN(CC)C(CNC(=O)CC(C)C1CCNCC1)c1ccsc1. The van der Waals surface area contributed by atoms with Crippen LogP contribution in [0.3, 0.4) is 0 Å². The lowest BCUT2D eigenvalue weighted by Crippen LogP contribution is -2.39. The van der Waals surface area contributed by atoms with Crippen LogP contribution in [0.4, 0.5) is 0 Å². The molecule has 1 amide bonds. The highest BCUT2D eigenvalue weighted by Gasteiger charge is 2.23. The number of nitrogens with zero attached hydrogens (tertiary/aromatic N) is 1. The first-order valence-corrected chi connectivity index (χ1v) is 10.3. The van der Waals surface area contributed by atoms with E-state index < -0.39 is 0 Å². The molecule has 0 aliphatic carbocycles. The van der Waals surface area contributed by atoms with Crippen LogP contribution in [0.1, 0.15) is 51.6 Å². The Labute approximate surface area is 151 Å². The fourth-order valence-corrected chi connectivity index (χ4v) is 4.45. The summed E-state index contributed by atoms with van der Waals surface area (Å²) in [5, 5.41) is 10.9. The van der Waals surface area contributed by atoms with E-state index in [-0.39, 0.29) is 11.9 Å². The van der Waals surface area contributed by atoms with E-state index in [2.05, 4.69) is 53.1 Å². The van der Waals surface area contributed by atoms with Gasteiger partial charge in [-0.25, -0.2) is 0 Å². The normalized spacial score (nSPS) is 18.5. The third-order valence-electron chi connectivity index (χ3n) is 5.37. The Morgan fingerprint density at radius 1 is 1.38 bits per heavy atom. The number of carbonyl (C=O) groups is 1. The number of piperidine rings is 1. The third-order valence-corrected chi connectivity index (χ3v) is 6.07. The van der Waals surface area contributed by atoms with Gasteiger partial charge in [0.2, 0.25) is 5.91 Å². The quantitative estimate of drug-likeness (QED) is 0.718. The number of thiophene rings is 1. The second kappa shape index (κ2) is 10.2. The highest BCUT2D eigenvalue weighted by atomic mass is 32.1. The number of carbonyl (C=O) groups excluding carboxylic acids is 1. The summed E-state index contributed by atoms with van der Waals surface area (Å²) in [5.41, 5.74) is 1.32. The molecule has 2 unspecified atom stereocenters. The summed E-state index contributed by atoms with van der Waals surface area (Å²) in [4.78, 5) is 14.8. The van der Waals surface area contributed by atoms with Gasteiger partial charge in [-0.2, -0.15) is 11.3 Å². The number of likely N-dealkylation sites (N-methyl/N-ethyl adjacent to an activating group) is 1. The lowest BCUT2D eigenvalue weighted by molar-refractivity contribution is -0.122. The van der Waals surface area contributed by atoms with Crippen LogP contribution in [-0.2, 0) is 4.79 Å². The van der Waals surface area contributed by atoms with Crippen molar-refractivity contribution < 1.29 is 4.79 Å². The van der Waals surface area contributed by atoms with Gasteiger partial charge in [-0.15, -0.1) is 0 Å². The zero-order chi connectivity index (χ0) is 17.4. The highest BCUT2D eigenvalue weighted by Crippen LogP contribution is 2.25. The monoisotopic (exact) mass is 351 g/mol. The summed E-state index contributed by atoms with van der Waals surface area (Å²) in [7, 11) is 0. The molecule has 136 valence electrons. The molecule has 1 aromatic heterocycles. The number of amides is 1. The molecule has 2 rings (SSSR count). The predicted molar refractivity (Wildman–Crippen MR) is 102 cm³/mol. The van der Waals surface area contributed by atoms with Crippen molar-refractivity contribution in [2.45, 2.75) is 46.1 Å². The number of hydrogen-bond acceptors (Lipinski definition) is 4. The minimum Gasteiger partial charge on any atom is -0.354 e. The van der Waals surface area contributed by atoms with Gasteiger partial charge in [-0.3, -0.25) is 9.69 Å². The molecular formula is C19H33N3OS. The van der Waals surface area contributed by atoms with Gasteiger partial charge >= 0.3 is 0 Å². The number of hydrogen-bond donors (Lipinski definition) is 2. The van der Waals surface area contributed by atoms with E-state index in [9.17, 15) is 4.79 Å². The molecule has 1 aliphatic heterocycles. The Morgan fingerprint density at radius 3 is 2.67 bits per heavy atom. The highest BCUT2D eigenvalue weighted by molar-refractivity contribution is 7.07. The van der Waals surface area contributed by atoms with Crippen LogP contribution < -0.4 is 10.6 Å². The van der Waals surface area contributed by atoms with Crippen molar-refractivity contribution in [2.75, 3.05) is 32.7 Å². The van der Waals surface area contributed by atoms with Crippen molar-refractivity contribution in [3.63, 3.8) is 0 Å². The second-order valence-corrected chi connectivity index (χ2v) is 7.65. The van der Waals surface area contributed by atoms with Gasteiger partial charge in [0.15, 0.2) is 0 Å². The fraction of sp³-hybridized carbons (Fsp3) is 0.737. The molecule has 5 heteroatoms. The predicted octanol–water partition coefficient (Wildman–Crippen LogP) is 3.27. The maximum atomic E-state index is 12.4. The average molecular weight is 352 g/mol. The Balaban J connectivity index is 1.85. The standard InChI is InChI=1S/C19H33N3OS/c1-4-22(5-2)18(17-8-11-24-14-17)13-21-19(23)12-15(3)16-6-9-20-10-7-16/h8,11,14-16,18,20H,4-7,9-10,12-13H2,1-3H3,(H,21,23). The Morgan fingerprint density at radius 2 is 2.08 bits per heavy atom. The molecule has 0 radical (unpaired) electrons. The van der Waals surface area contributed by atoms with E-state index in [0.717, 1.165) is 26.2 Å². The zero-order valence-electron chi connectivity index (χ0n) is 15.4. The molecule has 1 aromatic rings. The van der Waals surface area contributed by atoms with Crippen molar-refractivity contribution in [1.29, 1.82) is 0 Å². The molecule has 0 bridgehead atoms. The van der Waals surface area contributed by atoms with Crippen molar-refractivity contribution >= 4 is 17.2 Å². The molecule has 0 spiro atoms. The van der Waals surface area contributed by atoms with Crippen molar-refractivity contribution in [3.05, 3.63) is 22.4 Å². The smallest absolute Gasteiger partial charge is 0.220 e. The first kappa shape index (κ1) is 19.4. The van der Waals surface area contributed by atoms with Crippen LogP contribution >= 0.6 is 11.3 Å². The second-order valence-electron chi connectivity index (χ2n) is 6.87. The van der Waals surface area contributed by atoms with Crippen LogP contribution in [0.25, 0.3) is 0 Å². The lowest BCUT2D eigenvalue weighted by Gasteiger charge is -2.30. The molecule has 4 nitrogen and oxygen atoms in total. The molecule has 2 heterocycles. The van der Waals surface area contributed by atoms with Crippen LogP contribution in [0.2, 0.25) is 0 Å². The van der Waals surface area contributed by atoms with E-state index in [0.29, 0.717) is 24.8 Å². The summed E-state index contributed by atoms with van der Waals surface area (Å²) in [5.74, 6) is 1.36. The van der Waals surface area contributed by atoms with Crippen LogP contribution in [0.15, 0.2) is 16.8 Å². The third kappa shape index (κ3) is 5.57. The molecule has 0 aromatic carbocycles. The molecule has 0 saturated carbocycles. The summed E-state index contributed by atoms with van der Waals surface area (Å²) in [6, 6.07) is 2.46. The van der Waals surface area contributed by atoms with Crippen LogP contribution in [0.5, 0.6) is 0 Å². The Bertz CT molecular complexity index is 467. The minimum atomic E-state index is 0.202. The van der Waals surface area contributed by atoms with Gasteiger partial charge in [0, 0.05) is 13.0 Å².